The first-order chi connectivity index (χ1) is 12.1. The minimum absolute atomic E-state index is 0.134. The van der Waals surface area contributed by atoms with Crippen LogP contribution >= 0.6 is 11.8 Å². The maximum Gasteiger partial charge on any atom is 0.133 e. The van der Waals surface area contributed by atoms with E-state index in [0.29, 0.717) is 6.42 Å². The molecule has 0 radical (unpaired) electrons. The third-order valence-electron chi connectivity index (χ3n) is 4.60. The summed E-state index contributed by atoms with van der Waals surface area (Å²) in [4.78, 5) is 0. The van der Waals surface area contributed by atoms with Crippen molar-refractivity contribution >= 4 is 22.7 Å². The van der Waals surface area contributed by atoms with Gasteiger partial charge in [-0.3, -0.25) is 0 Å². The number of aliphatic hydroxyl groups is 3. The van der Waals surface area contributed by atoms with Crippen LogP contribution in [0.2, 0.25) is 0 Å². The van der Waals surface area contributed by atoms with Crippen molar-refractivity contribution in [1.29, 1.82) is 0 Å². The number of fused-ring (bicyclic) bond motifs is 2. The van der Waals surface area contributed by atoms with Gasteiger partial charge in [0.05, 0.1) is 27.0 Å². The summed E-state index contributed by atoms with van der Waals surface area (Å²) in [6, 6.07) is -0.506. The fourth-order valence-electron chi connectivity index (χ4n) is 2.92. The van der Waals surface area contributed by atoms with Gasteiger partial charge in [-0.1, -0.05) is 25.0 Å². The Bertz CT molecular complexity index is 585. The Hall–Kier alpha value is -0.400. The van der Waals surface area contributed by atoms with Crippen molar-refractivity contribution in [2.75, 3.05) is 0 Å². The third-order valence-corrected chi connectivity index (χ3v) is 7.51. The van der Waals surface area contributed by atoms with E-state index in [2.05, 4.69) is 10.6 Å². The highest BCUT2D eigenvalue weighted by molar-refractivity contribution is 8.00. The van der Waals surface area contributed by atoms with Gasteiger partial charge in [-0.05, 0) is 33.1 Å². The highest BCUT2D eigenvalue weighted by Gasteiger charge is 2.49. The lowest BCUT2D eigenvalue weighted by atomic mass is 9.88. The van der Waals surface area contributed by atoms with E-state index in [1.807, 2.05) is 39.8 Å². The third kappa shape index (κ3) is 4.90. The number of hydrogen-bond donors (Lipinski definition) is 4. The molecule has 4 N–H and O–H groups in total. The van der Waals surface area contributed by atoms with Crippen molar-refractivity contribution in [2.24, 2.45) is 5.92 Å². The highest BCUT2D eigenvalue weighted by atomic mass is 32.2. The van der Waals surface area contributed by atoms with Gasteiger partial charge in [-0.2, -0.15) is 0 Å². The van der Waals surface area contributed by atoms with Crippen molar-refractivity contribution in [2.45, 2.75) is 80.0 Å². The van der Waals surface area contributed by atoms with E-state index in [-0.39, 0.29) is 11.2 Å². The van der Waals surface area contributed by atoms with Crippen molar-refractivity contribution in [3.63, 3.8) is 0 Å². The van der Waals surface area contributed by atoms with Crippen LogP contribution in [0.15, 0.2) is 12.2 Å². The van der Waals surface area contributed by atoms with Gasteiger partial charge in [0.1, 0.15) is 29.9 Å². The zero-order valence-corrected chi connectivity index (χ0v) is 17.2. The van der Waals surface area contributed by atoms with Gasteiger partial charge in [0, 0.05) is 0 Å². The average Bonchev–Trinajstić information content (AvgIpc) is 2.57. The summed E-state index contributed by atoms with van der Waals surface area (Å²) in [5, 5.41) is 30.9. The molecule has 26 heavy (non-hydrogen) atoms. The van der Waals surface area contributed by atoms with Gasteiger partial charge in [0.15, 0.2) is 0 Å². The Morgan fingerprint density at radius 2 is 1.92 bits per heavy atom. The van der Waals surface area contributed by atoms with Gasteiger partial charge in [0.25, 0.3) is 0 Å². The summed E-state index contributed by atoms with van der Waals surface area (Å²) in [5.41, 5.74) is -0.773. The van der Waals surface area contributed by atoms with Crippen molar-refractivity contribution in [1.82, 2.24) is 4.72 Å². The second-order valence-corrected chi connectivity index (χ2v) is 11.1. The molecule has 9 atom stereocenters. The van der Waals surface area contributed by atoms with Crippen LogP contribution in [0.3, 0.4) is 0 Å². The molecule has 0 aromatic carbocycles. The van der Waals surface area contributed by atoms with Gasteiger partial charge < -0.3 is 20.1 Å². The number of ether oxygens (including phenoxy) is 1. The molecule has 2 heterocycles. The van der Waals surface area contributed by atoms with Crippen LogP contribution in [0.25, 0.3) is 0 Å². The van der Waals surface area contributed by atoms with Crippen LogP contribution in [0.4, 0.5) is 0 Å². The normalized spacial score (nSPS) is 43.9. The molecule has 6 nitrogen and oxygen atoms in total. The molecule has 0 aromatic rings. The first kappa shape index (κ1) is 21.9. The van der Waals surface area contributed by atoms with Crippen LogP contribution in [0.1, 0.15) is 34.1 Å². The summed E-state index contributed by atoms with van der Waals surface area (Å²) in [6.45, 7) is 7.48. The number of terminal acetylenes is 1. The van der Waals surface area contributed by atoms with E-state index >= 15 is 0 Å². The summed E-state index contributed by atoms with van der Waals surface area (Å²) in [7, 11) is -1.39. The second-order valence-electron chi connectivity index (χ2n) is 7.78. The molecule has 8 heteroatoms. The summed E-state index contributed by atoms with van der Waals surface area (Å²) in [5.74, 6) is 2.53. The Kier molecular flexibility index (Phi) is 7.36. The van der Waals surface area contributed by atoms with Gasteiger partial charge in [0.2, 0.25) is 0 Å². The van der Waals surface area contributed by atoms with E-state index in [9.17, 15) is 19.5 Å². The number of aliphatic hydroxyl groups excluding tert-OH is 3. The maximum atomic E-state index is 12.6. The van der Waals surface area contributed by atoms with Crippen molar-refractivity contribution in [3.8, 4) is 12.3 Å². The van der Waals surface area contributed by atoms with E-state index in [0.717, 1.165) is 0 Å². The standard InChI is InChI=1S/C18H29NO5S2/c1-6-11-9-7-8-10(2)12(19-26(23)18(3,4)5)16-14(21)13(20)15(22)17(24-16)25-11/h1,7-8,10-17,19-22H,9H2,2-5H3/b8-7-/t10-,11-,12-,13+,14-,15-,16-,17-,26?/m1/s1. The first-order valence-electron chi connectivity index (χ1n) is 8.72. The molecule has 0 saturated carbocycles. The van der Waals surface area contributed by atoms with Crippen LogP contribution < -0.4 is 4.72 Å². The highest BCUT2D eigenvalue weighted by Crippen LogP contribution is 2.35. The molecule has 1 saturated heterocycles. The Morgan fingerprint density at radius 1 is 1.27 bits per heavy atom. The zero-order chi connectivity index (χ0) is 19.6. The van der Waals surface area contributed by atoms with Crippen LogP contribution in [0, 0.1) is 18.3 Å². The Balaban J connectivity index is 2.37. The van der Waals surface area contributed by atoms with Gasteiger partial charge in [-0.25, -0.2) is 8.93 Å². The minimum atomic E-state index is -1.39. The zero-order valence-electron chi connectivity index (χ0n) is 15.5. The molecule has 0 amide bonds. The molecule has 1 fully saturated rings. The quantitative estimate of drug-likeness (QED) is 0.397. The molecule has 148 valence electrons. The van der Waals surface area contributed by atoms with Gasteiger partial charge >= 0.3 is 0 Å². The number of thioether (sulfide) groups is 1. The predicted octanol–water partition coefficient (Wildman–Crippen LogP) is 0.545. The first-order valence-corrected chi connectivity index (χ1v) is 10.8. The molecule has 2 aliphatic heterocycles. The average molecular weight is 404 g/mol. The number of hydrogen-bond acceptors (Lipinski definition) is 6. The fraction of sp³-hybridized carbons (Fsp3) is 0.778. The molecule has 0 spiro atoms. The lowest BCUT2D eigenvalue weighted by Crippen LogP contribution is -2.64. The Morgan fingerprint density at radius 3 is 2.50 bits per heavy atom. The number of rotatable bonds is 2. The molecular weight excluding hydrogens is 374 g/mol. The monoisotopic (exact) mass is 403 g/mol. The summed E-state index contributed by atoms with van der Waals surface area (Å²) in [6.07, 6.45) is 5.30. The van der Waals surface area contributed by atoms with E-state index in [4.69, 9.17) is 11.2 Å². The topological polar surface area (TPSA) is 99.0 Å². The fourth-order valence-corrected chi connectivity index (χ4v) is 5.01. The lowest BCUT2D eigenvalue weighted by Gasteiger charge is -2.45. The van der Waals surface area contributed by atoms with Crippen molar-refractivity contribution < 1.29 is 24.3 Å². The molecular formula is C18H29NO5S2. The number of allylic oxidation sites excluding steroid dienone is 1. The molecule has 2 rings (SSSR count). The largest absolute Gasteiger partial charge is 0.388 e. The van der Waals surface area contributed by atoms with Crippen LogP contribution in [-0.2, 0) is 15.7 Å². The lowest BCUT2D eigenvalue weighted by molar-refractivity contribution is -0.205. The van der Waals surface area contributed by atoms with E-state index < -0.39 is 51.6 Å². The smallest absolute Gasteiger partial charge is 0.133 e. The molecule has 0 aromatic heterocycles. The second kappa shape index (κ2) is 8.74. The SMILES string of the molecule is C#C[C@@H]1C/C=C\[C@@H](C)[C@@H](NS(=O)C(C)(C)C)[C@H]2O[C@H](S1)[C@H](O)[C@@H](O)[C@H]2O. The van der Waals surface area contributed by atoms with Crippen molar-refractivity contribution in [3.05, 3.63) is 12.2 Å². The molecule has 2 bridgehead atoms. The maximum absolute atomic E-state index is 12.6. The van der Waals surface area contributed by atoms with E-state index in [1.165, 1.54) is 11.8 Å². The van der Waals surface area contributed by atoms with Crippen LogP contribution in [0.5, 0.6) is 0 Å². The minimum Gasteiger partial charge on any atom is -0.388 e. The van der Waals surface area contributed by atoms with Crippen LogP contribution in [-0.4, -0.2) is 65.4 Å². The summed E-state index contributed by atoms with van der Waals surface area (Å²) >= 11 is 1.25. The predicted molar refractivity (Wildman–Crippen MR) is 105 cm³/mol. The molecule has 2 aliphatic rings. The molecule has 0 aliphatic carbocycles. The van der Waals surface area contributed by atoms with E-state index in [1.54, 1.807) is 0 Å². The molecule has 1 unspecified atom stereocenters. The summed E-state index contributed by atoms with van der Waals surface area (Å²) < 4.78 is 21.2. The Labute approximate surface area is 162 Å². The van der Waals surface area contributed by atoms with Gasteiger partial charge in [-0.15, -0.1) is 18.2 Å². The number of nitrogens with one attached hydrogen (secondary N) is 1.